The van der Waals surface area contributed by atoms with Crippen LogP contribution in [0.5, 0.6) is 0 Å². The van der Waals surface area contributed by atoms with Crippen molar-refractivity contribution in [1.29, 1.82) is 0 Å². The largest absolute Gasteiger partial charge is 0.378 e. The molecule has 6 heterocycles. The van der Waals surface area contributed by atoms with Gasteiger partial charge in [0.05, 0.1) is 49.8 Å². The van der Waals surface area contributed by atoms with Crippen LogP contribution in [0, 0.1) is 5.92 Å². The van der Waals surface area contributed by atoms with Gasteiger partial charge < -0.3 is 30.1 Å². The fourth-order valence-corrected chi connectivity index (χ4v) is 5.06. The Morgan fingerprint density at radius 1 is 1.12 bits per heavy atom. The van der Waals surface area contributed by atoms with Crippen molar-refractivity contribution < 1.29 is 27.9 Å². The van der Waals surface area contributed by atoms with Gasteiger partial charge in [-0.05, 0) is 6.08 Å². The normalized spacial score (nSPS) is 17.7. The first-order valence-electron chi connectivity index (χ1n) is 13.4. The Hall–Kier alpha value is -4.67. The summed E-state index contributed by atoms with van der Waals surface area (Å²) in [6.07, 6.45) is 5.15. The molecular formula is C25H29F2N11O4. The molecule has 0 radical (unpaired) electrons. The number of anilines is 2. The van der Waals surface area contributed by atoms with E-state index in [0.717, 1.165) is 0 Å². The number of hydrogen-bond donors (Lipinski definition) is 2. The van der Waals surface area contributed by atoms with Gasteiger partial charge in [-0.1, -0.05) is 6.58 Å². The smallest absolute Gasteiger partial charge is 0.333 e. The van der Waals surface area contributed by atoms with Crippen LogP contribution in [-0.2, 0) is 19.1 Å². The number of carbonyl (C=O) groups excluding carboxylic acids is 3. The number of aromatic nitrogens is 6. The fourth-order valence-electron chi connectivity index (χ4n) is 5.06. The number of nitrogens with one attached hydrogen (secondary N) is 2. The van der Waals surface area contributed by atoms with Crippen LogP contribution in [0.2, 0.25) is 0 Å². The molecule has 0 unspecified atom stereocenters. The highest BCUT2D eigenvalue weighted by atomic mass is 19.3. The molecule has 15 nitrogen and oxygen atoms in total. The third-order valence-corrected chi connectivity index (χ3v) is 7.44. The second-order valence-corrected chi connectivity index (χ2v) is 10.2. The molecule has 0 aromatic carbocycles. The summed E-state index contributed by atoms with van der Waals surface area (Å²) in [5, 5.41) is 9.64. The first kappa shape index (κ1) is 27.5. The number of nitrogens with zero attached hydrogens (tertiary/aromatic N) is 9. The molecule has 3 fully saturated rings. The SMILES string of the molecule is C=CC(=O)N1CC(C(=O)N2CC(NC(=O)CNc3nc(N4CCOCC4)nc4c3ncn4-c3cnn(C(F)F)c3)C2)C1. The number of rotatable bonds is 9. The molecule has 42 heavy (non-hydrogen) atoms. The Labute approximate surface area is 238 Å². The standard InChI is InChI=1S/C25H29F2N11O4/c1-2-19(40)35-9-15(10-35)23(41)36-11-16(12-36)31-18(39)8-28-21-20-22(33-25(32-21)34-3-5-42-6-4-34)37(14-29-20)17-7-30-38(13-17)24(26)27/h2,7,13-16,24H,1,3-6,8-12H2,(H,31,39)(H,28,32,33). The van der Waals surface area contributed by atoms with Gasteiger partial charge in [0.2, 0.25) is 23.7 Å². The minimum atomic E-state index is -2.79. The molecule has 222 valence electrons. The summed E-state index contributed by atoms with van der Waals surface area (Å²) < 4.78 is 33.7. The van der Waals surface area contributed by atoms with Gasteiger partial charge in [-0.2, -0.15) is 23.8 Å². The number of morpholine rings is 1. The van der Waals surface area contributed by atoms with Crippen LogP contribution >= 0.6 is 0 Å². The molecule has 0 bridgehead atoms. The number of carbonyl (C=O) groups is 3. The van der Waals surface area contributed by atoms with Crippen LogP contribution in [0.1, 0.15) is 6.55 Å². The van der Waals surface area contributed by atoms with E-state index in [0.29, 0.717) is 85.8 Å². The molecule has 0 spiro atoms. The lowest BCUT2D eigenvalue weighted by Crippen LogP contribution is -2.65. The lowest BCUT2D eigenvalue weighted by atomic mass is 9.95. The summed E-state index contributed by atoms with van der Waals surface area (Å²) in [6, 6.07) is -0.186. The molecule has 0 aliphatic carbocycles. The van der Waals surface area contributed by atoms with Crippen molar-refractivity contribution in [2.45, 2.75) is 12.6 Å². The predicted molar refractivity (Wildman–Crippen MR) is 144 cm³/mol. The van der Waals surface area contributed by atoms with Crippen molar-refractivity contribution in [3.8, 4) is 5.69 Å². The maximum Gasteiger partial charge on any atom is 0.333 e. The molecule has 6 rings (SSSR count). The van der Waals surface area contributed by atoms with Gasteiger partial charge in [-0.25, -0.2) is 9.67 Å². The van der Waals surface area contributed by atoms with Crippen LogP contribution in [0.25, 0.3) is 16.9 Å². The summed E-state index contributed by atoms with van der Waals surface area (Å²) in [5.74, 6) is -0.0401. The average molecular weight is 586 g/mol. The number of imidazole rings is 1. The van der Waals surface area contributed by atoms with Crippen LogP contribution in [0.3, 0.4) is 0 Å². The van der Waals surface area contributed by atoms with Crippen molar-refractivity contribution in [2.24, 2.45) is 5.92 Å². The first-order valence-corrected chi connectivity index (χ1v) is 13.4. The molecule has 3 aliphatic rings. The van der Waals surface area contributed by atoms with Gasteiger partial charge in [0, 0.05) is 39.3 Å². The average Bonchev–Trinajstić information content (AvgIpc) is 3.60. The van der Waals surface area contributed by atoms with E-state index in [1.165, 1.54) is 29.4 Å². The molecule has 0 saturated carbocycles. The highest BCUT2D eigenvalue weighted by molar-refractivity contribution is 5.91. The topological polar surface area (TPSA) is 156 Å². The van der Waals surface area contributed by atoms with Crippen LogP contribution in [0.4, 0.5) is 20.5 Å². The highest BCUT2D eigenvalue weighted by Gasteiger charge is 2.41. The Morgan fingerprint density at radius 2 is 1.88 bits per heavy atom. The third-order valence-electron chi connectivity index (χ3n) is 7.44. The molecule has 3 aromatic heterocycles. The fraction of sp³-hybridized carbons (Fsp3) is 0.480. The molecule has 17 heteroatoms. The number of ether oxygens (including phenoxy) is 1. The molecule has 2 N–H and O–H groups in total. The maximum absolute atomic E-state index is 13.1. The van der Waals surface area contributed by atoms with E-state index in [4.69, 9.17) is 4.74 Å². The number of alkyl halides is 2. The summed E-state index contributed by atoms with van der Waals surface area (Å²) in [4.78, 5) is 55.8. The first-order chi connectivity index (χ1) is 20.3. The van der Waals surface area contributed by atoms with E-state index in [9.17, 15) is 23.2 Å². The molecule has 3 aromatic rings. The van der Waals surface area contributed by atoms with Crippen molar-refractivity contribution in [3.05, 3.63) is 31.4 Å². The van der Waals surface area contributed by atoms with E-state index in [1.54, 1.807) is 9.80 Å². The van der Waals surface area contributed by atoms with E-state index in [1.807, 2.05) is 4.90 Å². The summed E-state index contributed by atoms with van der Waals surface area (Å²) >= 11 is 0. The van der Waals surface area contributed by atoms with Crippen LogP contribution < -0.4 is 15.5 Å². The number of halogens is 2. The molecule has 3 amide bonds. The molecule has 3 aliphatic heterocycles. The zero-order valence-corrected chi connectivity index (χ0v) is 22.5. The van der Waals surface area contributed by atoms with Crippen molar-refractivity contribution in [1.82, 2.24) is 44.4 Å². The van der Waals surface area contributed by atoms with Gasteiger partial charge in [-0.3, -0.25) is 19.0 Å². The Kier molecular flexibility index (Phi) is 7.40. The lowest BCUT2D eigenvalue weighted by molar-refractivity contribution is -0.150. The quantitative estimate of drug-likeness (QED) is 0.318. The molecule has 0 atom stereocenters. The second kappa shape index (κ2) is 11.3. The minimum absolute atomic E-state index is 0.0274. The Balaban J connectivity index is 1.10. The minimum Gasteiger partial charge on any atom is -0.378 e. The van der Waals surface area contributed by atoms with Crippen molar-refractivity contribution in [3.63, 3.8) is 0 Å². The zero-order valence-electron chi connectivity index (χ0n) is 22.5. The molecular weight excluding hydrogens is 556 g/mol. The number of fused-ring (bicyclic) bond motifs is 1. The number of likely N-dealkylation sites (tertiary alicyclic amines) is 2. The third kappa shape index (κ3) is 5.34. The lowest BCUT2D eigenvalue weighted by Gasteiger charge is -2.45. The number of amides is 3. The highest BCUT2D eigenvalue weighted by Crippen LogP contribution is 2.26. The van der Waals surface area contributed by atoms with E-state index in [2.05, 4.69) is 37.3 Å². The Morgan fingerprint density at radius 3 is 2.57 bits per heavy atom. The molecule has 3 saturated heterocycles. The number of hydrogen-bond acceptors (Lipinski definition) is 10. The monoisotopic (exact) mass is 585 g/mol. The second-order valence-electron chi connectivity index (χ2n) is 10.2. The van der Waals surface area contributed by atoms with Gasteiger partial charge in [-0.15, -0.1) is 0 Å². The summed E-state index contributed by atoms with van der Waals surface area (Å²) in [5.41, 5.74) is 1.06. The zero-order chi connectivity index (χ0) is 29.4. The Bertz CT molecular complexity index is 1510. The summed E-state index contributed by atoms with van der Waals surface area (Å²) in [7, 11) is 0. The van der Waals surface area contributed by atoms with Gasteiger partial charge >= 0.3 is 6.55 Å². The summed E-state index contributed by atoms with van der Waals surface area (Å²) in [6.45, 7) is 4.21. The maximum atomic E-state index is 13.1. The predicted octanol–water partition coefficient (Wildman–Crippen LogP) is -0.373. The van der Waals surface area contributed by atoms with Gasteiger partial charge in [0.25, 0.3) is 0 Å². The van der Waals surface area contributed by atoms with E-state index < -0.39 is 6.55 Å². The van der Waals surface area contributed by atoms with E-state index in [-0.39, 0.29) is 36.2 Å². The van der Waals surface area contributed by atoms with E-state index >= 15 is 0 Å². The van der Waals surface area contributed by atoms with Gasteiger partial charge in [0.1, 0.15) is 6.33 Å². The van der Waals surface area contributed by atoms with Gasteiger partial charge in [0.15, 0.2) is 17.0 Å². The van der Waals surface area contributed by atoms with Crippen molar-refractivity contribution in [2.75, 3.05) is 69.2 Å². The van der Waals surface area contributed by atoms with Crippen LogP contribution in [-0.4, -0.2) is 122 Å². The van der Waals surface area contributed by atoms with Crippen LogP contribution in [0.15, 0.2) is 31.4 Å². The van der Waals surface area contributed by atoms with Crippen molar-refractivity contribution >= 4 is 40.7 Å².